The molecule has 1 heterocycles. The molecule has 23 heavy (non-hydrogen) atoms. The Hall–Kier alpha value is -2.37. The number of benzene rings is 2. The van der Waals surface area contributed by atoms with Crippen LogP contribution in [0.4, 0.5) is 0 Å². The van der Waals surface area contributed by atoms with Crippen molar-refractivity contribution in [3.05, 3.63) is 70.1 Å². The summed E-state index contributed by atoms with van der Waals surface area (Å²) in [5.41, 5.74) is 3.66. The van der Waals surface area contributed by atoms with Gasteiger partial charge in [-0.15, -0.1) is 0 Å². The van der Waals surface area contributed by atoms with Gasteiger partial charge in [0.2, 0.25) is 0 Å². The van der Waals surface area contributed by atoms with E-state index >= 15 is 0 Å². The van der Waals surface area contributed by atoms with Crippen LogP contribution in [0.25, 0.3) is 11.0 Å². The lowest BCUT2D eigenvalue weighted by atomic mass is 10.0. The molecule has 1 aromatic heterocycles. The van der Waals surface area contributed by atoms with Crippen molar-refractivity contribution in [2.24, 2.45) is 0 Å². The molecule has 0 spiro atoms. The van der Waals surface area contributed by atoms with Crippen LogP contribution < -0.4 is 11.0 Å². The van der Waals surface area contributed by atoms with E-state index in [0.29, 0.717) is 6.42 Å². The van der Waals surface area contributed by atoms with Gasteiger partial charge in [-0.3, -0.25) is 0 Å². The van der Waals surface area contributed by atoms with E-state index in [1.807, 2.05) is 36.4 Å². The molecule has 0 aliphatic heterocycles. The van der Waals surface area contributed by atoms with Crippen LogP contribution in [-0.2, 0) is 0 Å². The number of aliphatic hydroxyl groups is 1. The maximum atomic E-state index is 11.4. The van der Waals surface area contributed by atoms with E-state index in [-0.39, 0.29) is 24.4 Å². The number of aliphatic hydroxyl groups excluding tert-OH is 1. The Morgan fingerprint density at radius 3 is 2.52 bits per heavy atom. The Morgan fingerprint density at radius 2 is 1.78 bits per heavy atom. The molecule has 0 bridgehead atoms. The highest BCUT2D eigenvalue weighted by Gasteiger charge is 2.15. The van der Waals surface area contributed by atoms with Crippen LogP contribution in [0.2, 0.25) is 0 Å². The largest absolute Gasteiger partial charge is 0.396 e. The third kappa shape index (κ3) is 3.52. The van der Waals surface area contributed by atoms with E-state index in [9.17, 15) is 9.90 Å². The van der Waals surface area contributed by atoms with Crippen LogP contribution in [0, 0.1) is 0 Å². The number of hydrogen-bond acceptors (Lipinski definition) is 3. The summed E-state index contributed by atoms with van der Waals surface area (Å²) in [7, 11) is 0. The molecule has 5 nitrogen and oxygen atoms in total. The zero-order valence-corrected chi connectivity index (χ0v) is 13.0. The molecule has 3 rings (SSSR count). The fourth-order valence-electron chi connectivity index (χ4n) is 2.88. The normalized spacial score (nSPS) is 14.0. The van der Waals surface area contributed by atoms with Crippen molar-refractivity contribution in [2.45, 2.75) is 25.4 Å². The average Bonchev–Trinajstić information content (AvgIpc) is 2.94. The highest BCUT2D eigenvalue weighted by molar-refractivity contribution is 5.75. The van der Waals surface area contributed by atoms with Crippen molar-refractivity contribution in [1.29, 1.82) is 0 Å². The molecule has 1 unspecified atom stereocenters. The minimum atomic E-state index is -0.194. The van der Waals surface area contributed by atoms with E-state index < -0.39 is 0 Å². The highest BCUT2D eigenvalue weighted by Crippen LogP contribution is 2.23. The summed E-state index contributed by atoms with van der Waals surface area (Å²) in [5.74, 6) is 0. The molecular formula is C18H21N3O2. The molecule has 2 atom stereocenters. The summed E-state index contributed by atoms with van der Waals surface area (Å²) in [4.78, 5) is 16.9. The molecule has 0 aliphatic carbocycles. The second-order valence-corrected chi connectivity index (χ2v) is 5.75. The van der Waals surface area contributed by atoms with Gasteiger partial charge in [-0.2, -0.15) is 0 Å². The van der Waals surface area contributed by atoms with Gasteiger partial charge in [-0.25, -0.2) is 4.79 Å². The van der Waals surface area contributed by atoms with E-state index in [1.165, 1.54) is 0 Å². The topological polar surface area (TPSA) is 80.9 Å². The van der Waals surface area contributed by atoms with Gasteiger partial charge in [-0.05, 0) is 36.6 Å². The summed E-state index contributed by atoms with van der Waals surface area (Å²) in [6, 6.07) is 16.2. The Morgan fingerprint density at radius 1 is 1.04 bits per heavy atom. The minimum Gasteiger partial charge on any atom is -0.396 e. The molecular weight excluding hydrogens is 290 g/mol. The number of nitrogens with one attached hydrogen (secondary N) is 3. The summed E-state index contributed by atoms with van der Waals surface area (Å²) < 4.78 is 0. The molecule has 120 valence electrons. The highest BCUT2D eigenvalue weighted by atomic mass is 16.3. The van der Waals surface area contributed by atoms with E-state index in [2.05, 4.69) is 34.3 Å². The van der Waals surface area contributed by atoms with Crippen molar-refractivity contribution in [3.63, 3.8) is 0 Å². The predicted molar refractivity (Wildman–Crippen MR) is 91.4 cm³/mol. The summed E-state index contributed by atoms with van der Waals surface area (Å²) >= 11 is 0. The molecule has 4 N–H and O–H groups in total. The zero-order valence-electron chi connectivity index (χ0n) is 13.0. The van der Waals surface area contributed by atoms with Crippen molar-refractivity contribution in [1.82, 2.24) is 15.3 Å². The molecule has 0 amide bonds. The number of rotatable bonds is 6. The van der Waals surface area contributed by atoms with Gasteiger partial charge in [0, 0.05) is 18.7 Å². The second-order valence-electron chi connectivity index (χ2n) is 5.75. The lowest BCUT2D eigenvalue weighted by molar-refractivity contribution is 0.260. The maximum absolute atomic E-state index is 11.4. The Kier molecular flexibility index (Phi) is 4.60. The van der Waals surface area contributed by atoms with Crippen LogP contribution in [0.5, 0.6) is 0 Å². The van der Waals surface area contributed by atoms with Crippen molar-refractivity contribution in [3.8, 4) is 0 Å². The van der Waals surface area contributed by atoms with Gasteiger partial charge in [0.25, 0.3) is 0 Å². The first-order valence-electron chi connectivity index (χ1n) is 7.81. The van der Waals surface area contributed by atoms with Crippen LogP contribution >= 0.6 is 0 Å². The van der Waals surface area contributed by atoms with E-state index in [0.717, 1.165) is 22.2 Å². The second kappa shape index (κ2) is 6.81. The molecule has 2 aromatic carbocycles. The zero-order chi connectivity index (χ0) is 16.2. The third-order valence-electron chi connectivity index (χ3n) is 4.11. The number of H-pyrrole nitrogens is 2. The van der Waals surface area contributed by atoms with Crippen LogP contribution in [-0.4, -0.2) is 21.7 Å². The maximum Gasteiger partial charge on any atom is 0.323 e. The van der Waals surface area contributed by atoms with Gasteiger partial charge < -0.3 is 20.4 Å². The number of imidazole rings is 1. The number of aromatic amines is 2. The van der Waals surface area contributed by atoms with Gasteiger partial charge in [0.05, 0.1) is 11.0 Å². The average molecular weight is 311 g/mol. The van der Waals surface area contributed by atoms with Crippen LogP contribution in [0.1, 0.15) is 36.6 Å². The quantitative estimate of drug-likeness (QED) is 0.565. The predicted octanol–water partition coefficient (Wildman–Crippen LogP) is 2.63. The first kappa shape index (κ1) is 15.5. The smallest absolute Gasteiger partial charge is 0.323 e. The third-order valence-corrected chi connectivity index (χ3v) is 4.11. The summed E-state index contributed by atoms with van der Waals surface area (Å²) in [6.45, 7) is 2.21. The fraction of sp³-hybridized carbons (Fsp3) is 0.278. The Labute approximate surface area is 134 Å². The molecule has 5 heteroatoms. The SMILES string of the molecule is CC(N[C@H](CCO)c1ccccc1)c1ccc2[nH]c(=O)[nH]c2c1. The molecule has 0 saturated carbocycles. The summed E-state index contributed by atoms with van der Waals surface area (Å²) in [6.07, 6.45) is 0.650. The van der Waals surface area contributed by atoms with Gasteiger partial charge in [0.1, 0.15) is 0 Å². The van der Waals surface area contributed by atoms with E-state index in [4.69, 9.17) is 0 Å². The van der Waals surface area contributed by atoms with Crippen LogP contribution in [0.3, 0.4) is 0 Å². The van der Waals surface area contributed by atoms with Crippen molar-refractivity contribution < 1.29 is 5.11 Å². The molecule has 0 fully saturated rings. The summed E-state index contributed by atoms with van der Waals surface area (Å²) in [5, 5.41) is 12.9. The number of fused-ring (bicyclic) bond motifs is 1. The Bertz CT molecular complexity index is 823. The van der Waals surface area contributed by atoms with Crippen LogP contribution in [0.15, 0.2) is 53.3 Å². The van der Waals surface area contributed by atoms with Crippen molar-refractivity contribution >= 4 is 11.0 Å². The monoisotopic (exact) mass is 311 g/mol. The molecule has 0 saturated heterocycles. The molecule has 0 radical (unpaired) electrons. The van der Waals surface area contributed by atoms with Gasteiger partial charge >= 0.3 is 5.69 Å². The molecule has 0 aliphatic rings. The number of aromatic nitrogens is 2. The lowest BCUT2D eigenvalue weighted by Crippen LogP contribution is -2.25. The standard InChI is InChI=1S/C18H21N3O2/c1-12(14-7-8-16-17(11-14)21-18(23)20-16)19-15(9-10-22)13-5-3-2-4-6-13/h2-8,11-12,15,19,22H,9-10H2,1H3,(H2,20,21,23)/t12?,15-/m1/s1. The molecule has 3 aromatic rings. The van der Waals surface area contributed by atoms with Gasteiger partial charge in [-0.1, -0.05) is 36.4 Å². The fourth-order valence-corrected chi connectivity index (χ4v) is 2.88. The minimum absolute atomic E-state index is 0.0807. The number of hydrogen-bond donors (Lipinski definition) is 4. The van der Waals surface area contributed by atoms with E-state index in [1.54, 1.807) is 0 Å². The first-order valence-corrected chi connectivity index (χ1v) is 7.81. The lowest BCUT2D eigenvalue weighted by Gasteiger charge is -2.23. The Balaban J connectivity index is 1.82. The van der Waals surface area contributed by atoms with Gasteiger partial charge in [0.15, 0.2) is 0 Å². The first-order chi connectivity index (χ1) is 11.2. The van der Waals surface area contributed by atoms with Crippen molar-refractivity contribution in [2.75, 3.05) is 6.61 Å².